The summed E-state index contributed by atoms with van der Waals surface area (Å²) in [5.41, 5.74) is 2.22. The van der Waals surface area contributed by atoms with Crippen LogP contribution in [-0.2, 0) is 16.1 Å². The third kappa shape index (κ3) is 3.47. The topological polar surface area (TPSA) is 84.7 Å². The zero-order chi connectivity index (χ0) is 16.3. The van der Waals surface area contributed by atoms with Gasteiger partial charge in [0, 0.05) is 25.3 Å². The molecule has 0 spiro atoms. The van der Waals surface area contributed by atoms with Crippen LogP contribution in [0.3, 0.4) is 0 Å². The standard InChI is InChI=1S/C15H23N3O4/c1-4-5-18-11(3)14(10(2)16-18)15(21)17-6-7-22-12(9-17)8-13(19)20/h12H,4-9H2,1-3H3,(H,19,20)/t12-/m0/s1. The SMILES string of the molecule is CCCn1nc(C)c(C(=O)N2CCO[C@@H](CC(=O)O)C2)c1C. The Labute approximate surface area is 129 Å². The summed E-state index contributed by atoms with van der Waals surface area (Å²) >= 11 is 0. The lowest BCUT2D eigenvalue weighted by Gasteiger charge is -2.32. The van der Waals surface area contributed by atoms with E-state index in [2.05, 4.69) is 12.0 Å². The van der Waals surface area contributed by atoms with Crippen LogP contribution >= 0.6 is 0 Å². The molecule has 0 saturated carbocycles. The minimum absolute atomic E-state index is 0.0865. The molecule has 2 rings (SSSR count). The van der Waals surface area contributed by atoms with E-state index in [1.165, 1.54) is 0 Å². The highest BCUT2D eigenvalue weighted by molar-refractivity contribution is 5.96. The van der Waals surface area contributed by atoms with E-state index in [-0.39, 0.29) is 12.3 Å². The summed E-state index contributed by atoms with van der Waals surface area (Å²) in [6, 6.07) is 0. The number of carboxylic acids is 1. The molecule has 1 atom stereocenters. The van der Waals surface area contributed by atoms with Gasteiger partial charge in [0.15, 0.2) is 0 Å². The Morgan fingerprint density at radius 1 is 1.41 bits per heavy atom. The molecule has 1 fully saturated rings. The number of aliphatic carboxylic acids is 1. The Morgan fingerprint density at radius 3 is 2.77 bits per heavy atom. The fourth-order valence-corrected chi connectivity index (χ4v) is 2.82. The summed E-state index contributed by atoms with van der Waals surface area (Å²) in [6.07, 6.45) is 0.423. The van der Waals surface area contributed by atoms with Crippen LogP contribution < -0.4 is 0 Å². The molecule has 1 aromatic rings. The van der Waals surface area contributed by atoms with Crippen LogP contribution in [-0.4, -0.2) is 57.5 Å². The smallest absolute Gasteiger partial charge is 0.306 e. The Kier molecular flexibility index (Phi) is 5.18. The van der Waals surface area contributed by atoms with E-state index >= 15 is 0 Å². The Hall–Kier alpha value is -1.89. The van der Waals surface area contributed by atoms with Crippen molar-refractivity contribution in [1.29, 1.82) is 0 Å². The second-order valence-electron chi connectivity index (χ2n) is 5.61. The van der Waals surface area contributed by atoms with Crippen LogP contribution in [0.2, 0.25) is 0 Å². The van der Waals surface area contributed by atoms with Crippen molar-refractivity contribution < 1.29 is 19.4 Å². The Bertz CT molecular complexity index is 567. The molecule has 1 aromatic heterocycles. The number of aromatic nitrogens is 2. The van der Waals surface area contributed by atoms with Gasteiger partial charge in [-0.1, -0.05) is 6.92 Å². The van der Waals surface area contributed by atoms with Gasteiger partial charge < -0.3 is 14.7 Å². The van der Waals surface area contributed by atoms with Gasteiger partial charge in [-0.15, -0.1) is 0 Å². The van der Waals surface area contributed by atoms with E-state index in [9.17, 15) is 9.59 Å². The monoisotopic (exact) mass is 309 g/mol. The van der Waals surface area contributed by atoms with E-state index in [1.54, 1.807) is 4.90 Å². The molecule has 7 heteroatoms. The van der Waals surface area contributed by atoms with E-state index in [0.29, 0.717) is 25.3 Å². The molecule has 0 bridgehead atoms. The van der Waals surface area contributed by atoms with E-state index in [1.807, 2.05) is 18.5 Å². The van der Waals surface area contributed by atoms with Gasteiger partial charge in [-0.25, -0.2) is 0 Å². The molecule has 22 heavy (non-hydrogen) atoms. The summed E-state index contributed by atoms with van der Waals surface area (Å²) in [4.78, 5) is 25.2. The van der Waals surface area contributed by atoms with Crippen LogP contribution in [0.15, 0.2) is 0 Å². The fraction of sp³-hybridized carbons (Fsp3) is 0.667. The number of rotatable bonds is 5. The molecule has 0 unspecified atom stereocenters. The average Bonchev–Trinajstić information content (AvgIpc) is 2.73. The number of hydrogen-bond acceptors (Lipinski definition) is 4. The Balaban J connectivity index is 2.15. The number of amides is 1. The number of carbonyl (C=O) groups excluding carboxylic acids is 1. The average molecular weight is 309 g/mol. The largest absolute Gasteiger partial charge is 0.481 e. The molecular formula is C15H23N3O4. The minimum Gasteiger partial charge on any atom is -0.481 e. The molecule has 1 aliphatic heterocycles. The van der Waals surface area contributed by atoms with Crippen LogP contribution in [0.25, 0.3) is 0 Å². The van der Waals surface area contributed by atoms with Crippen molar-refractivity contribution in [2.24, 2.45) is 0 Å². The maximum atomic E-state index is 12.8. The lowest BCUT2D eigenvalue weighted by Crippen LogP contribution is -2.46. The van der Waals surface area contributed by atoms with Crippen molar-refractivity contribution in [2.45, 2.75) is 46.3 Å². The Morgan fingerprint density at radius 2 is 2.14 bits per heavy atom. The maximum Gasteiger partial charge on any atom is 0.306 e. The zero-order valence-corrected chi connectivity index (χ0v) is 13.3. The first-order valence-electron chi connectivity index (χ1n) is 7.60. The summed E-state index contributed by atoms with van der Waals surface area (Å²) in [7, 11) is 0. The lowest BCUT2D eigenvalue weighted by atomic mass is 10.1. The second kappa shape index (κ2) is 6.91. The minimum atomic E-state index is -0.914. The first-order valence-corrected chi connectivity index (χ1v) is 7.60. The molecule has 2 heterocycles. The normalized spacial score (nSPS) is 18.5. The summed E-state index contributed by atoms with van der Waals surface area (Å²) in [5.74, 6) is -1.00. The van der Waals surface area contributed by atoms with Crippen LogP contribution in [0.5, 0.6) is 0 Å². The summed E-state index contributed by atoms with van der Waals surface area (Å²) in [5, 5.41) is 13.3. The van der Waals surface area contributed by atoms with Crippen molar-refractivity contribution in [3.8, 4) is 0 Å². The van der Waals surface area contributed by atoms with Gasteiger partial charge >= 0.3 is 5.97 Å². The summed E-state index contributed by atoms with van der Waals surface area (Å²) < 4.78 is 7.27. The van der Waals surface area contributed by atoms with Gasteiger partial charge in [0.25, 0.3) is 5.91 Å². The highest BCUT2D eigenvalue weighted by atomic mass is 16.5. The van der Waals surface area contributed by atoms with Gasteiger partial charge in [-0.2, -0.15) is 5.10 Å². The highest BCUT2D eigenvalue weighted by Gasteiger charge is 2.29. The number of nitrogens with zero attached hydrogens (tertiary/aromatic N) is 3. The van der Waals surface area contributed by atoms with Crippen LogP contribution in [0, 0.1) is 13.8 Å². The maximum absolute atomic E-state index is 12.8. The number of aryl methyl sites for hydroxylation is 2. The molecule has 0 aliphatic carbocycles. The van der Waals surface area contributed by atoms with Gasteiger partial charge in [-0.05, 0) is 20.3 Å². The van der Waals surface area contributed by atoms with E-state index in [4.69, 9.17) is 9.84 Å². The van der Waals surface area contributed by atoms with E-state index in [0.717, 1.165) is 24.4 Å². The van der Waals surface area contributed by atoms with Gasteiger partial charge in [0.1, 0.15) is 0 Å². The van der Waals surface area contributed by atoms with Crippen molar-refractivity contribution >= 4 is 11.9 Å². The first-order chi connectivity index (χ1) is 10.4. The molecular weight excluding hydrogens is 286 g/mol. The number of morpholine rings is 1. The predicted molar refractivity (Wildman–Crippen MR) is 79.9 cm³/mol. The molecule has 7 nitrogen and oxygen atoms in total. The fourth-order valence-electron chi connectivity index (χ4n) is 2.82. The third-order valence-electron chi connectivity index (χ3n) is 3.86. The van der Waals surface area contributed by atoms with Crippen molar-refractivity contribution in [3.05, 3.63) is 17.0 Å². The van der Waals surface area contributed by atoms with Gasteiger partial charge in [0.2, 0.25) is 0 Å². The molecule has 1 N–H and O–H groups in total. The number of carboxylic acid groups (broad SMARTS) is 1. The van der Waals surface area contributed by atoms with Crippen LogP contribution in [0.1, 0.15) is 41.5 Å². The van der Waals surface area contributed by atoms with Crippen molar-refractivity contribution in [1.82, 2.24) is 14.7 Å². The summed E-state index contributed by atoms with van der Waals surface area (Å²) in [6.45, 7) is 7.74. The number of carbonyl (C=O) groups is 2. The quantitative estimate of drug-likeness (QED) is 0.884. The molecule has 0 aromatic carbocycles. The van der Waals surface area contributed by atoms with Gasteiger partial charge in [-0.3, -0.25) is 14.3 Å². The third-order valence-corrected chi connectivity index (χ3v) is 3.86. The number of ether oxygens (including phenoxy) is 1. The zero-order valence-electron chi connectivity index (χ0n) is 13.3. The molecule has 1 saturated heterocycles. The highest BCUT2D eigenvalue weighted by Crippen LogP contribution is 2.19. The molecule has 0 radical (unpaired) electrons. The molecule has 1 amide bonds. The predicted octanol–water partition coefficient (Wildman–Crippen LogP) is 1.23. The molecule has 1 aliphatic rings. The number of hydrogen-bond donors (Lipinski definition) is 1. The van der Waals surface area contributed by atoms with Gasteiger partial charge in [0.05, 0.1) is 30.4 Å². The van der Waals surface area contributed by atoms with E-state index < -0.39 is 12.1 Å². The van der Waals surface area contributed by atoms with Crippen molar-refractivity contribution in [2.75, 3.05) is 19.7 Å². The first kappa shape index (κ1) is 16.5. The van der Waals surface area contributed by atoms with Crippen LogP contribution in [0.4, 0.5) is 0 Å². The second-order valence-corrected chi connectivity index (χ2v) is 5.61. The van der Waals surface area contributed by atoms with Crippen molar-refractivity contribution in [3.63, 3.8) is 0 Å². The lowest BCUT2D eigenvalue weighted by molar-refractivity contribution is -0.141. The molecule has 122 valence electrons.